The average Bonchev–Trinajstić information content (AvgIpc) is 0.773. The molecule has 13 aromatic carbocycles. The molecule has 5 aliphatic rings. The molecule has 5 fully saturated rings. The summed E-state index contributed by atoms with van der Waals surface area (Å²) >= 11 is 0. The quantitative estimate of drug-likeness (QED) is 0.0532. The molecule has 0 unspecified atom stereocenters. The van der Waals surface area contributed by atoms with Crippen molar-refractivity contribution in [3.63, 3.8) is 0 Å². The standard InChI is InChI=1S/2C27H27NO.C24H23NO.C22H25NO.C20H21NO/c1-21(29)23-12-14-25(15-13-23)27(24-10-6-3-7-11-24)26-16-18-28(19-17-26)20-22-8-4-2-5-9-22;1-3-17-28-18-15-24(16-19-28)27(23-13-11-21(12-14-23)20(2)29)26-10-6-8-22-7-4-5-9-25(22)26;1-17(26)18-9-11-20(12-10-18)24(21-13-15-25-16-14-21)23-8-4-6-19-5-2-3-7-22(19)23;1-15-5-4-6-16(2)21(15)22(20-11-13-23-14-12-20)19-9-7-18(8-10-19)17(3)24;1-15(22)16-7-9-18(10-8-16)20(17-5-3-2-4-6-17)19-11-13-21-14-12-19/h2-15H,16-20H2,1H3;3-14H,1,15-19H2,2H3;2-12,25H,13-16H2,1H3;4-10,23H,11-14H2,1-3H3;2-10,21H,11-14H2,1H3. The summed E-state index contributed by atoms with van der Waals surface area (Å²) in [6, 6.07) is 109. The normalized spacial score (nSPS) is 14.6. The molecule has 18 rings (SSSR count). The first-order valence-corrected chi connectivity index (χ1v) is 46.5. The summed E-state index contributed by atoms with van der Waals surface area (Å²) in [5, 5.41) is 15.4. The number of carbonyl (C=O) groups excluding carboxylic acids is 5. The minimum Gasteiger partial charge on any atom is -0.316 e. The number of aryl methyl sites for hydroxylation is 2. The zero-order chi connectivity index (χ0) is 90.7. The number of nitrogens with one attached hydrogen (secondary N) is 3. The molecule has 13 aromatic rings. The minimum atomic E-state index is 0.105. The predicted octanol–water partition coefficient (Wildman–Crippen LogP) is 26.1. The summed E-state index contributed by atoms with van der Waals surface area (Å²) in [7, 11) is 0. The Morgan fingerprint density at radius 3 is 0.869 bits per heavy atom. The van der Waals surface area contributed by atoms with Gasteiger partial charge in [-0.1, -0.05) is 349 Å². The minimum absolute atomic E-state index is 0.105. The van der Waals surface area contributed by atoms with Crippen LogP contribution in [0.4, 0.5) is 0 Å². The van der Waals surface area contributed by atoms with E-state index in [1.54, 1.807) is 34.6 Å². The number of rotatable bonds is 19. The van der Waals surface area contributed by atoms with Crippen LogP contribution < -0.4 is 16.0 Å². The molecule has 0 bridgehead atoms. The molecule has 658 valence electrons. The monoisotopic (exact) mass is 1710 g/mol. The van der Waals surface area contributed by atoms with E-state index in [9.17, 15) is 24.0 Å². The van der Waals surface area contributed by atoms with Crippen molar-refractivity contribution in [2.45, 2.75) is 119 Å². The lowest BCUT2D eigenvalue weighted by Gasteiger charge is -2.30. The van der Waals surface area contributed by atoms with Gasteiger partial charge in [-0.05, 0) is 274 Å². The zero-order valence-corrected chi connectivity index (χ0v) is 76.8. The number of likely N-dealkylation sites (tertiary alicyclic amines) is 2. The second kappa shape index (κ2) is 46.3. The van der Waals surface area contributed by atoms with E-state index in [4.69, 9.17) is 0 Å². The van der Waals surface area contributed by atoms with Crippen molar-refractivity contribution in [3.05, 3.63) is 456 Å². The number of benzene rings is 13. The third-order valence-electron chi connectivity index (χ3n) is 25.8. The summed E-state index contributed by atoms with van der Waals surface area (Å²) in [5.74, 6) is 0.554. The Morgan fingerprint density at radius 1 is 0.269 bits per heavy atom. The van der Waals surface area contributed by atoms with Crippen LogP contribution in [-0.4, -0.2) is 111 Å². The highest BCUT2D eigenvalue weighted by molar-refractivity contribution is 6.03. The van der Waals surface area contributed by atoms with Crippen LogP contribution in [0.15, 0.2) is 356 Å². The molecule has 10 nitrogen and oxygen atoms in total. The van der Waals surface area contributed by atoms with E-state index in [-0.39, 0.29) is 28.9 Å². The van der Waals surface area contributed by atoms with E-state index in [1.807, 2.05) is 72.8 Å². The van der Waals surface area contributed by atoms with E-state index < -0.39 is 0 Å². The van der Waals surface area contributed by atoms with Gasteiger partial charge in [0.1, 0.15) is 0 Å². The SMILES string of the molecule is C=CCN1CCC(=C(c2ccc(C(C)=O)cc2)c2cccc3ccccc23)CC1.CC(=O)c1ccc(C(=C2CCN(Cc3ccccc3)CC2)c2ccccc2)cc1.CC(=O)c1ccc(C(=C2CCNCC2)c2c(C)cccc2C)cc1.CC(=O)c1ccc(C(=C2CCNCC2)c2cccc3ccccc23)cc1.CC(=O)c1ccc(C(=C2CCNCC2)c2ccccc2)cc1. The van der Waals surface area contributed by atoms with Gasteiger partial charge in [-0.15, -0.1) is 6.58 Å². The van der Waals surface area contributed by atoms with Gasteiger partial charge in [0.2, 0.25) is 0 Å². The molecule has 0 radical (unpaired) electrons. The van der Waals surface area contributed by atoms with Crippen molar-refractivity contribution >= 4 is 78.3 Å². The molecule has 5 heterocycles. The summed E-state index contributed by atoms with van der Waals surface area (Å²) in [6.07, 6.45) is 12.7. The van der Waals surface area contributed by atoms with Gasteiger partial charge in [0.05, 0.1) is 0 Å². The molecule has 10 heteroatoms. The Bertz CT molecular complexity index is 6220. The van der Waals surface area contributed by atoms with Crippen molar-refractivity contribution in [1.82, 2.24) is 25.8 Å². The van der Waals surface area contributed by atoms with Crippen molar-refractivity contribution in [2.24, 2.45) is 0 Å². The van der Waals surface area contributed by atoms with Crippen LogP contribution in [0.1, 0.15) is 223 Å². The topological polar surface area (TPSA) is 128 Å². The second-order valence-corrected chi connectivity index (χ2v) is 34.7. The largest absolute Gasteiger partial charge is 0.316 e. The lowest BCUT2D eigenvalue weighted by molar-refractivity contribution is 0.100. The van der Waals surface area contributed by atoms with Gasteiger partial charge in [0, 0.05) is 67.1 Å². The van der Waals surface area contributed by atoms with E-state index in [0.29, 0.717) is 0 Å². The van der Waals surface area contributed by atoms with Crippen LogP contribution in [0, 0.1) is 13.8 Å². The third-order valence-corrected chi connectivity index (χ3v) is 25.8. The summed E-state index contributed by atoms with van der Waals surface area (Å²) in [6.45, 7) is 28.8. The van der Waals surface area contributed by atoms with E-state index >= 15 is 0 Å². The van der Waals surface area contributed by atoms with Gasteiger partial charge >= 0.3 is 0 Å². The summed E-state index contributed by atoms with van der Waals surface area (Å²) < 4.78 is 0. The Balaban J connectivity index is 0.000000132. The summed E-state index contributed by atoms with van der Waals surface area (Å²) in [5.41, 5.74) is 34.5. The van der Waals surface area contributed by atoms with Gasteiger partial charge in [0.25, 0.3) is 0 Å². The fourth-order valence-electron chi connectivity index (χ4n) is 18.9. The molecule has 0 amide bonds. The number of piperidine rings is 5. The van der Waals surface area contributed by atoms with Crippen molar-refractivity contribution in [2.75, 3.05) is 72.0 Å². The molecule has 0 aromatic heterocycles. The summed E-state index contributed by atoms with van der Waals surface area (Å²) in [4.78, 5) is 63.1. The van der Waals surface area contributed by atoms with Gasteiger partial charge in [-0.2, -0.15) is 0 Å². The first-order valence-electron chi connectivity index (χ1n) is 46.5. The van der Waals surface area contributed by atoms with Gasteiger partial charge in [-0.3, -0.25) is 33.8 Å². The predicted molar refractivity (Wildman–Crippen MR) is 542 cm³/mol. The van der Waals surface area contributed by atoms with Crippen molar-refractivity contribution in [1.29, 1.82) is 0 Å². The molecule has 0 spiro atoms. The van der Waals surface area contributed by atoms with Gasteiger partial charge in [-0.25, -0.2) is 0 Å². The van der Waals surface area contributed by atoms with Crippen LogP contribution in [0.5, 0.6) is 0 Å². The van der Waals surface area contributed by atoms with Crippen LogP contribution in [0.25, 0.3) is 49.4 Å². The van der Waals surface area contributed by atoms with Crippen molar-refractivity contribution < 1.29 is 24.0 Å². The van der Waals surface area contributed by atoms with Crippen molar-refractivity contribution in [3.8, 4) is 0 Å². The van der Waals surface area contributed by atoms with Crippen LogP contribution >= 0.6 is 0 Å². The van der Waals surface area contributed by atoms with E-state index in [2.05, 4.69) is 295 Å². The van der Waals surface area contributed by atoms with Gasteiger partial charge in [0.15, 0.2) is 28.9 Å². The maximum absolute atomic E-state index is 11.7. The highest BCUT2D eigenvalue weighted by Gasteiger charge is 2.25. The number of ketones is 5. The maximum atomic E-state index is 11.7. The molecule has 130 heavy (non-hydrogen) atoms. The Labute approximate surface area is 770 Å². The number of nitrogens with zero attached hydrogens (tertiary/aromatic N) is 2. The highest BCUT2D eigenvalue weighted by atomic mass is 16.1. The van der Waals surface area contributed by atoms with E-state index in [0.717, 1.165) is 171 Å². The third kappa shape index (κ3) is 24.3. The lowest BCUT2D eigenvalue weighted by Crippen LogP contribution is -2.31. The van der Waals surface area contributed by atoms with Gasteiger partial charge < -0.3 is 16.0 Å². The smallest absolute Gasteiger partial charge is 0.159 e. The number of carbonyl (C=O) groups is 5. The molecule has 0 aliphatic carbocycles. The first kappa shape index (κ1) is 93.1. The second-order valence-electron chi connectivity index (χ2n) is 34.7. The highest BCUT2D eigenvalue weighted by Crippen LogP contribution is 2.41. The molecule has 5 saturated heterocycles. The molecular formula is C120H123N5O5. The van der Waals surface area contributed by atoms with E-state index in [1.165, 1.54) is 150 Å². The number of hydrogen-bond acceptors (Lipinski definition) is 10. The Morgan fingerprint density at radius 2 is 0.523 bits per heavy atom. The molecule has 0 saturated carbocycles. The number of hydrogen-bond donors (Lipinski definition) is 3. The Kier molecular flexibility index (Phi) is 33.2. The van der Waals surface area contributed by atoms with Crippen LogP contribution in [0.3, 0.4) is 0 Å². The molecule has 0 atom stereocenters. The number of Topliss-reactive ketones (excluding diaryl/α,β-unsaturated/α-hetero) is 5. The molecule has 5 aliphatic heterocycles. The fourth-order valence-corrected chi connectivity index (χ4v) is 18.9. The average molecular weight is 1720 g/mol. The first-order chi connectivity index (χ1) is 63.4. The van der Waals surface area contributed by atoms with Crippen LogP contribution in [0.2, 0.25) is 0 Å². The molecular weight excluding hydrogens is 1590 g/mol. The zero-order valence-electron chi connectivity index (χ0n) is 76.8. The number of fused-ring (bicyclic) bond motifs is 2. The molecule has 3 N–H and O–H groups in total. The Hall–Kier alpha value is -13.0. The maximum Gasteiger partial charge on any atom is 0.159 e. The lowest BCUT2D eigenvalue weighted by atomic mass is 9.84. The van der Waals surface area contributed by atoms with Crippen LogP contribution in [-0.2, 0) is 6.54 Å². The fraction of sp³-hybridized carbons (Fsp3) is 0.242.